The van der Waals surface area contributed by atoms with Crippen LogP contribution in [0.15, 0.2) is 34.9 Å². The van der Waals surface area contributed by atoms with Crippen molar-refractivity contribution >= 4 is 24.8 Å². The Kier molecular flexibility index (Phi) is 14.7. The van der Waals surface area contributed by atoms with E-state index >= 15 is 0 Å². The second-order valence-corrected chi connectivity index (χ2v) is 7.50. The van der Waals surface area contributed by atoms with Crippen molar-refractivity contribution in [2.45, 2.75) is 74.1 Å². The van der Waals surface area contributed by atoms with Crippen LogP contribution >= 0.6 is 24.8 Å². The van der Waals surface area contributed by atoms with Gasteiger partial charge in [0, 0.05) is 0 Å². The van der Waals surface area contributed by atoms with Crippen molar-refractivity contribution in [3.8, 4) is 0 Å². The minimum Gasteiger partial charge on any atom is -0.263 e. The van der Waals surface area contributed by atoms with E-state index in [1.807, 2.05) is 0 Å². The summed E-state index contributed by atoms with van der Waals surface area (Å²) in [6.07, 6.45) is 3.44. The Morgan fingerprint density at radius 2 is 1.24 bits per heavy atom. The van der Waals surface area contributed by atoms with E-state index in [1.165, 1.54) is 27.8 Å². The first-order valence-electron chi connectivity index (χ1n) is 8.38. The van der Waals surface area contributed by atoms with Gasteiger partial charge in [0.2, 0.25) is 0 Å². The molecule has 140 valence electrons. The first-order valence-corrected chi connectivity index (χ1v) is 8.38. The van der Waals surface area contributed by atoms with Crippen LogP contribution in [0.4, 0.5) is 0 Å². The van der Waals surface area contributed by atoms with E-state index in [0.717, 1.165) is 0 Å². The smallest absolute Gasteiger partial charge is 0.263 e. The molecule has 0 N–H and O–H groups in total. The number of hydrogen-bond acceptors (Lipinski definition) is 0. The molecule has 0 amide bonds. The molecular weight excluding hydrogens is 383 g/mol. The van der Waals surface area contributed by atoms with E-state index in [-0.39, 0.29) is 51.9 Å². The molecule has 1 aliphatic carbocycles. The van der Waals surface area contributed by atoms with Crippen molar-refractivity contribution in [1.82, 2.24) is 0 Å². The third-order valence-electron chi connectivity index (χ3n) is 4.65. The summed E-state index contributed by atoms with van der Waals surface area (Å²) in [6, 6.07) is 9.87. The molecule has 0 aliphatic heterocycles. The molecule has 0 saturated heterocycles. The number of allylic oxidation sites excluding steroid dienone is 4. The van der Waals surface area contributed by atoms with Crippen LogP contribution in [0.25, 0.3) is 0 Å². The molecule has 0 fully saturated rings. The summed E-state index contributed by atoms with van der Waals surface area (Å²) in [7, 11) is 0. The van der Waals surface area contributed by atoms with Gasteiger partial charge in [-0.1, -0.05) is 60.8 Å². The van der Waals surface area contributed by atoms with E-state index in [2.05, 4.69) is 92.7 Å². The van der Waals surface area contributed by atoms with Gasteiger partial charge in [0.1, 0.15) is 0 Å². The van der Waals surface area contributed by atoms with Crippen molar-refractivity contribution in [2.24, 2.45) is 5.41 Å². The van der Waals surface area contributed by atoms with Crippen molar-refractivity contribution in [3.05, 3.63) is 58.2 Å². The maximum absolute atomic E-state index is 3.44. The van der Waals surface area contributed by atoms with E-state index in [9.17, 15) is 0 Å². The van der Waals surface area contributed by atoms with E-state index in [0.29, 0.717) is 11.8 Å². The Morgan fingerprint density at radius 3 is 1.44 bits per heavy atom. The Bertz CT molecular complexity index is 558. The number of hydrogen-bond donors (Lipinski definition) is 0. The molecule has 1 aliphatic rings. The van der Waals surface area contributed by atoms with Gasteiger partial charge < -0.3 is 0 Å². The summed E-state index contributed by atoms with van der Waals surface area (Å²) in [5.74, 6) is 1.17. The van der Waals surface area contributed by atoms with Gasteiger partial charge in [-0.3, -0.25) is 6.08 Å². The van der Waals surface area contributed by atoms with Crippen LogP contribution in [0, 0.1) is 17.6 Å². The number of halogens is 2. The zero-order valence-corrected chi connectivity index (χ0v) is 20.4. The average Bonchev–Trinajstić information content (AvgIpc) is 2.62. The molecule has 3 heteroatoms. The Labute approximate surface area is 183 Å². The van der Waals surface area contributed by atoms with Crippen LogP contribution in [-0.2, 0) is 21.7 Å². The molecule has 1 aromatic rings. The fraction of sp³-hybridized carbons (Fsp3) is 0.545. The summed E-state index contributed by atoms with van der Waals surface area (Å²) in [5.41, 5.74) is 7.04. The van der Waals surface area contributed by atoms with Gasteiger partial charge >= 0.3 is 21.7 Å². The predicted octanol–water partition coefficient (Wildman–Crippen LogP) is 7.69. The second-order valence-electron chi connectivity index (χ2n) is 7.50. The van der Waals surface area contributed by atoms with Crippen molar-refractivity contribution in [1.29, 1.82) is 0 Å². The molecule has 2 rings (SSSR count). The van der Waals surface area contributed by atoms with Gasteiger partial charge in [-0.25, -0.2) is 5.57 Å². The molecule has 0 aromatic heterocycles. The van der Waals surface area contributed by atoms with Crippen LogP contribution in [0.3, 0.4) is 0 Å². The van der Waals surface area contributed by atoms with Gasteiger partial charge in [0.25, 0.3) is 0 Å². The van der Waals surface area contributed by atoms with Crippen LogP contribution in [-0.4, -0.2) is 0 Å². The van der Waals surface area contributed by atoms with E-state index in [4.69, 9.17) is 0 Å². The monoisotopic (exact) mass is 416 g/mol. The molecule has 0 heterocycles. The van der Waals surface area contributed by atoms with Crippen LogP contribution < -0.4 is 0 Å². The molecular formula is C22H34Cl2Ti. The fourth-order valence-electron chi connectivity index (χ4n) is 2.59. The van der Waals surface area contributed by atoms with Crippen molar-refractivity contribution in [2.75, 3.05) is 0 Å². The molecule has 0 nitrogen and oxygen atoms in total. The number of benzene rings is 1. The molecule has 0 spiro atoms. The maximum atomic E-state index is 3.44. The first kappa shape index (κ1) is 29.7. The minimum absolute atomic E-state index is 0. The zero-order chi connectivity index (χ0) is 17.1. The van der Waals surface area contributed by atoms with Gasteiger partial charge in [-0.05, 0) is 11.8 Å². The van der Waals surface area contributed by atoms with Crippen LogP contribution in [0.5, 0.6) is 0 Å². The summed E-state index contributed by atoms with van der Waals surface area (Å²) in [5, 5.41) is 0. The summed E-state index contributed by atoms with van der Waals surface area (Å²) >= 11 is 0. The fourth-order valence-corrected chi connectivity index (χ4v) is 2.59. The molecule has 0 atom stereocenters. The third-order valence-corrected chi connectivity index (χ3v) is 4.65. The normalized spacial score (nSPS) is 14.8. The van der Waals surface area contributed by atoms with E-state index < -0.39 is 0 Å². The van der Waals surface area contributed by atoms with Gasteiger partial charge in [0.05, 0.1) is 0 Å². The molecule has 0 unspecified atom stereocenters. The van der Waals surface area contributed by atoms with E-state index in [1.54, 1.807) is 0 Å². The molecule has 25 heavy (non-hydrogen) atoms. The average molecular weight is 417 g/mol. The standard InChI is InChI=1S/C12H17.C10H15.2ClH.Ti/c1-9(2)11-6-5-7-12(8-11)10(3)4;1-7-6-10(4,5)9(3)8(7)2;;;/h5-7,9-10H,1-4H3;1-5H3;2*1H;/q2*-1;;;+2. The Morgan fingerprint density at radius 1 is 0.840 bits per heavy atom. The van der Waals surface area contributed by atoms with Crippen molar-refractivity contribution in [3.63, 3.8) is 0 Å². The summed E-state index contributed by atoms with van der Waals surface area (Å²) in [4.78, 5) is 0. The quantitative estimate of drug-likeness (QED) is 0.342. The molecule has 1 aromatic carbocycles. The molecule has 0 saturated carbocycles. The van der Waals surface area contributed by atoms with Crippen LogP contribution in [0.2, 0.25) is 0 Å². The zero-order valence-electron chi connectivity index (χ0n) is 17.2. The largest absolute Gasteiger partial charge is 2.00 e. The van der Waals surface area contributed by atoms with Crippen molar-refractivity contribution < 1.29 is 21.7 Å². The second kappa shape index (κ2) is 12.4. The Balaban J connectivity index is -0.000000350. The van der Waals surface area contributed by atoms with Gasteiger partial charge in [-0.15, -0.1) is 31.7 Å². The topological polar surface area (TPSA) is 0 Å². The molecule has 0 radical (unpaired) electrons. The van der Waals surface area contributed by atoms with Gasteiger partial charge in [0.15, 0.2) is 0 Å². The minimum atomic E-state index is 0. The summed E-state index contributed by atoms with van der Waals surface area (Å²) < 4.78 is 0. The summed E-state index contributed by atoms with van der Waals surface area (Å²) in [6.45, 7) is 19.7. The Hall–Kier alpha value is -0.00571. The van der Waals surface area contributed by atoms with Gasteiger partial charge in [-0.2, -0.15) is 46.5 Å². The maximum Gasteiger partial charge on any atom is 2.00 e. The SMILES string of the molecule is CC(C)c1[c-]c(C(C)C)ccc1.CC1=[C-]C(C)(C)C(C)=C1C.Cl.Cl.[Ti+2]. The molecule has 0 bridgehead atoms. The third kappa shape index (κ3) is 8.48. The first-order chi connectivity index (χ1) is 10.1. The number of rotatable bonds is 2. The van der Waals surface area contributed by atoms with Crippen LogP contribution in [0.1, 0.15) is 85.3 Å². The predicted molar refractivity (Wildman–Crippen MR) is 113 cm³/mol.